The molecule has 0 radical (unpaired) electrons. The highest BCUT2D eigenvalue weighted by Gasteiger charge is 2.11. The molecule has 0 atom stereocenters. The summed E-state index contributed by atoms with van der Waals surface area (Å²) in [5.41, 5.74) is 0.854. The maximum absolute atomic E-state index is 11.1. The highest BCUT2D eigenvalue weighted by molar-refractivity contribution is 9.10. The fourth-order valence-electron chi connectivity index (χ4n) is 0.917. The van der Waals surface area contributed by atoms with E-state index in [4.69, 9.17) is 0 Å². The summed E-state index contributed by atoms with van der Waals surface area (Å²) >= 11 is 3.27. The summed E-state index contributed by atoms with van der Waals surface area (Å²) in [6.07, 6.45) is 4.48. The van der Waals surface area contributed by atoms with Gasteiger partial charge in [0.1, 0.15) is 0 Å². The molecular formula is C8H11BrN2O2S. The number of hydrogen-bond acceptors (Lipinski definition) is 3. The SMILES string of the molecule is CN(Cc1cncc(Br)c1)S(C)(=O)=O. The van der Waals surface area contributed by atoms with E-state index in [9.17, 15) is 8.42 Å². The van der Waals surface area contributed by atoms with Crippen LogP contribution >= 0.6 is 15.9 Å². The van der Waals surface area contributed by atoms with Crippen LogP contribution in [0.1, 0.15) is 5.56 Å². The molecule has 0 amide bonds. The van der Waals surface area contributed by atoms with Gasteiger partial charge in [0.25, 0.3) is 0 Å². The Morgan fingerprint density at radius 3 is 2.64 bits per heavy atom. The number of nitrogens with zero attached hydrogens (tertiary/aromatic N) is 2. The molecule has 0 saturated heterocycles. The summed E-state index contributed by atoms with van der Waals surface area (Å²) in [6, 6.07) is 1.84. The normalized spacial score (nSPS) is 12.0. The molecule has 1 aromatic rings. The van der Waals surface area contributed by atoms with E-state index in [0.717, 1.165) is 10.0 Å². The van der Waals surface area contributed by atoms with Gasteiger partial charge >= 0.3 is 0 Å². The van der Waals surface area contributed by atoms with Crippen LogP contribution in [0.5, 0.6) is 0 Å². The molecule has 0 saturated carbocycles. The van der Waals surface area contributed by atoms with E-state index in [2.05, 4.69) is 20.9 Å². The number of rotatable bonds is 3. The topological polar surface area (TPSA) is 50.3 Å². The van der Waals surface area contributed by atoms with Crippen molar-refractivity contribution in [2.24, 2.45) is 0 Å². The van der Waals surface area contributed by atoms with Crippen molar-refractivity contribution in [2.75, 3.05) is 13.3 Å². The Bertz CT molecular complexity index is 419. The zero-order valence-corrected chi connectivity index (χ0v) is 10.3. The molecule has 0 bridgehead atoms. The minimum absolute atomic E-state index is 0.339. The maximum Gasteiger partial charge on any atom is 0.211 e. The third-order valence-corrected chi connectivity index (χ3v) is 3.43. The fraction of sp³-hybridized carbons (Fsp3) is 0.375. The molecule has 1 heterocycles. The van der Waals surface area contributed by atoms with Crippen molar-refractivity contribution >= 4 is 26.0 Å². The number of aromatic nitrogens is 1. The Hall–Kier alpha value is -0.460. The van der Waals surface area contributed by atoms with E-state index in [1.54, 1.807) is 12.4 Å². The second-order valence-corrected chi connectivity index (χ2v) is 6.04. The van der Waals surface area contributed by atoms with E-state index >= 15 is 0 Å². The smallest absolute Gasteiger partial charge is 0.211 e. The van der Waals surface area contributed by atoms with E-state index in [-0.39, 0.29) is 0 Å². The molecule has 0 N–H and O–H groups in total. The standard InChI is InChI=1S/C8H11BrN2O2S/c1-11(14(2,12)13)6-7-3-8(9)5-10-4-7/h3-5H,6H2,1-2H3. The van der Waals surface area contributed by atoms with Gasteiger partial charge in [-0.2, -0.15) is 0 Å². The van der Waals surface area contributed by atoms with Gasteiger partial charge < -0.3 is 0 Å². The van der Waals surface area contributed by atoms with Crippen LogP contribution in [0.3, 0.4) is 0 Å². The molecule has 0 aliphatic rings. The van der Waals surface area contributed by atoms with E-state index in [1.807, 2.05) is 6.07 Å². The van der Waals surface area contributed by atoms with Crippen LogP contribution in [-0.4, -0.2) is 31.0 Å². The van der Waals surface area contributed by atoms with Gasteiger partial charge in [0.2, 0.25) is 10.0 Å². The number of pyridine rings is 1. The molecular weight excluding hydrogens is 268 g/mol. The van der Waals surface area contributed by atoms with Crippen molar-refractivity contribution in [2.45, 2.75) is 6.54 Å². The van der Waals surface area contributed by atoms with E-state index in [1.165, 1.54) is 17.6 Å². The van der Waals surface area contributed by atoms with Gasteiger partial charge in [0.05, 0.1) is 6.26 Å². The molecule has 0 aromatic carbocycles. The zero-order valence-electron chi connectivity index (χ0n) is 7.94. The van der Waals surface area contributed by atoms with Crippen molar-refractivity contribution in [1.82, 2.24) is 9.29 Å². The van der Waals surface area contributed by atoms with E-state index < -0.39 is 10.0 Å². The Morgan fingerprint density at radius 2 is 2.14 bits per heavy atom. The van der Waals surface area contributed by atoms with Crippen LogP contribution in [0.2, 0.25) is 0 Å². The van der Waals surface area contributed by atoms with Crippen LogP contribution in [0.25, 0.3) is 0 Å². The molecule has 78 valence electrons. The number of halogens is 1. The molecule has 4 nitrogen and oxygen atoms in total. The van der Waals surface area contributed by atoms with Gasteiger partial charge in [-0.3, -0.25) is 4.98 Å². The maximum atomic E-state index is 11.1. The van der Waals surface area contributed by atoms with Crippen molar-refractivity contribution in [3.8, 4) is 0 Å². The molecule has 6 heteroatoms. The van der Waals surface area contributed by atoms with Gasteiger partial charge in [-0.25, -0.2) is 12.7 Å². The minimum atomic E-state index is -3.12. The second kappa shape index (κ2) is 4.37. The molecule has 0 spiro atoms. The summed E-state index contributed by atoms with van der Waals surface area (Å²) in [6.45, 7) is 0.339. The van der Waals surface area contributed by atoms with Crippen LogP contribution in [-0.2, 0) is 16.6 Å². The van der Waals surface area contributed by atoms with Gasteiger partial charge in [-0.1, -0.05) is 0 Å². The fourth-order valence-corrected chi connectivity index (χ4v) is 1.71. The third-order valence-electron chi connectivity index (χ3n) is 1.73. The Balaban J connectivity index is 2.80. The average Bonchev–Trinajstić information content (AvgIpc) is 2.02. The first-order valence-corrected chi connectivity index (χ1v) is 6.54. The minimum Gasteiger partial charge on any atom is -0.263 e. The lowest BCUT2D eigenvalue weighted by molar-refractivity contribution is 0.471. The summed E-state index contributed by atoms with van der Waals surface area (Å²) in [5, 5.41) is 0. The molecule has 1 rings (SSSR count). The summed E-state index contributed by atoms with van der Waals surface area (Å²) in [7, 11) is -1.59. The first-order valence-electron chi connectivity index (χ1n) is 3.90. The van der Waals surface area contributed by atoms with Gasteiger partial charge in [0.15, 0.2) is 0 Å². The molecule has 14 heavy (non-hydrogen) atoms. The van der Waals surface area contributed by atoms with Gasteiger partial charge in [0, 0.05) is 30.5 Å². The summed E-state index contributed by atoms with van der Waals surface area (Å²) < 4.78 is 24.3. The van der Waals surface area contributed by atoms with Crippen molar-refractivity contribution in [3.05, 3.63) is 28.5 Å². The number of hydrogen-bond donors (Lipinski definition) is 0. The van der Waals surface area contributed by atoms with Crippen LogP contribution in [0.4, 0.5) is 0 Å². The highest BCUT2D eigenvalue weighted by Crippen LogP contribution is 2.11. The van der Waals surface area contributed by atoms with Crippen molar-refractivity contribution in [3.63, 3.8) is 0 Å². The lowest BCUT2D eigenvalue weighted by atomic mass is 10.3. The largest absolute Gasteiger partial charge is 0.263 e. The Morgan fingerprint density at radius 1 is 1.50 bits per heavy atom. The van der Waals surface area contributed by atoms with Crippen LogP contribution in [0.15, 0.2) is 22.9 Å². The molecule has 0 unspecified atom stereocenters. The van der Waals surface area contributed by atoms with E-state index in [0.29, 0.717) is 6.54 Å². The predicted octanol–water partition coefficient (Wildman–Crippen LogP) is 1.24. The average molecular weight is 279 g/mol. The third kappa shape index (κ3) is 3.36. The first kappa shape index (κ1) is 11.6. The Labute approximate surface area is 92.1 Å². The summed E-state index contributed by atoms with van der Waals surface area (Å²) in [4.78, 5) is 3.95. The lowest BCUT2D eigenvalue weighted by Crippen LogP contribution is -2.24. The Kier molecular flexibility index (Phi) is 3.63. The first-order chi connectivity index (χ1) is 6.39. The lowest BCUT2D eigenvalue weighted by Gasteiger charge is -2.13. The zero-order chi connectivity index (χ0) is 10.8. The molecule has 0 aliphatic carbocycles. The van der Waals surface area contributed by atoms with Crippen LogP contribution in [0, 0.1) is 0 Å². The summed E-state index contributed by atoms with van der Waals surface area (Å²) in [5.74, 6) is 0. The molecule has 0 aliphatic heterocycles. The predicted molar refractivity (Wildman–Crippen MR) is 58.2 cm³/mol. The molecule has 1 aromatic heterocycles. The highest BCUT2D eigenvalue weighted by atomic mass is 79.9. The monoisotopic (exact) mass is 278 g/mol. The number of sulfonamides is 1. The van der Waals surface area contributed by atoms with Crippen LogP contribution < -0.4 is 0 Å². The second-order valence-electron chi connectivity index (χ2n) is 3.03. The quantitative estimate of drug-likeness (QED) is 0.836. The van der Waals surface area contributed by atoms with Gasteiger partial charge in [-0.05, 0) is 27.6 Å². The molecule has 0 fully saturated rings. The van der Waals surface area contributed by atoms with Crippen molar-refractivity contribution < 1.29 is 8.42 Å². The van der Waals surface area contributed by atoms with Crippen molar-refractivity contribution in [1.29, 1.82) is 0 Å². The van der Waals surface area contributed by atoms with Gasteiger partial charge in [-0.15, -0.1) is 0 Å².